The van der Waals surface area contributed by atoms with Crippen LogP contribution in [-0.4, -0.2) is 34.2 Å². The Morgan fingerprint density at radius 1 is 1.44 bits per heavy atom. The van der Waals surface area contributed by atoms with Crippen LogP contribution in [0.3, 0.4) is 0 Å². The zero-order chi connectivity index (χ0) is 13.4. The van der Waals surface area contributed by atoms with Gasteiger partial charge in [-0.1, -0.05) is 6.07 Å². The van der Waals surface area contributed by atoms with Crippen LogP contribution < -0.4 is 5.32 Å². The molecule has 98 valence electrons. The first-order chi connectivity index (χ1) is 8.67. The van der Waals surface area contributed by atoms with Gasteiger partial charge in [0.1, 0.15) is 0 Å². The van der Waals surface area contributed by atoms with E-state index in [1.807, 2.05) is 25.1 Å². The second kappa shape index (κ2) is 7.66. The van der Waals surface area contributed by atoms with Gasteiger partial charge in [0.05, 0.1) is 12.2 Å². The molecular weight excluding hydrogens is 254 g/mol. The molecule has 0 aliphatic heterocycles. The number of imide groups is 1. The van der Waals surface area contributed by atoms with E-state index in [0.717, 1.165) is 5.69 Å². The van der Waals surface area contributed by atoms with Crippen LogP contribution in [0.25, 0.3) is 0 Å². The summed E-state index contributed by atoms with van der Waals surface area (Å²) >= 11 is 5.43. The molecule has 6 heteroatoms. The summed E-state index contributed by atoms with van der Waals surface area (Å²) in [5.74, 6) is -0.166. The van der Waals surface area contributed by atoms with Gasteiger partial charge in [-0.15, -0.1) is 11.6 Å². The van der Waals surface area contributed by atoms with Crippen LogP contribution in [0.2, 0.25) is 0 Å². The average Bonchev–Trinajstić information content (AvgIpc) is 2.37. The predicted octanol–water partition coefficient (Wildman–Crippen LogP) is 1.77. The highest BCUT2D eigenvalue weighted by atomic mass is 35.5. The van der Waals surface area contributed by atoms with Crippen LogP contribution in [0.15, 0.2) is 24.4 Å². The van der Waals surface area contributed by atoms with E-state index in [1.165, 1.54) is 4.90 Å². The van der Waals surface area contributed by atoms with Crippen molar-refractivity contribution in [2.24, 2.45) is 0 Å². The second-order valence-corrected chi connectivity index (χ2v) is 4.01. The Hall–Kier alpha value is -1.62. The first-order valence-corrected chi connectivity index (χ1v) is 6.25. The zero-order valence-corrected chi connectivity index (χ0v) is 11.0. The summed E-state index contributed by atoms with van der Waals surface area (Å²) in [7, 11) is 0. The number of amides is 3. The molecule has 5 nitrogen and oxygen atoms in total. The van der Waals surface area contributed by atoms with Gasteiger partial charge in [0, 0.05) is 25.0 Å². The van der Waals surface area contributed by atoms with Crippen LogP contribution in [-0.2, 0) is 11.3 Å². The molecular formula is C12H16ClN3O2. The number of urea groups is 1. The van der Waals surface area contributed by atoms with E-state index in [-0.39, 0.29) is 18.2 Å². The van der Waals surface area contributed by atoms with E-state index < -0.39 is 6.03 Å². The molecule has 1 rings (SSSR count). The lowest BCUT2D eigenvalue weighted by molar-refractivity contribution is -0.119. The number of pyridine rings is 1. The van der Waals surface area contributed by atoms with Crippen molar-refractivity contribution in [1.82, 2.24) is 15.2 Å². The van der Waals surface area contributed by atoms with Gasteiger partial charge in [-0.2, -0.15) is 0 Å². The Kier molecular flexibility index (Phi) is 6.14. The molecule has 1 aromatic rings. The Balaban J connectivity index is 2.55. The quantitative estimate of drug-likeness (QED) is 0.829. The number of nitrogens with zero attached hydrogens (tertiary/aromatic N) is 2. The van der Waals surface area contributed by atoms with E-state index in [1.54, 1.807) is 6.20 Å². The summed E-state index contributed by atoms with van der Waals surface area (Å²) in [6.45, 7) is 2.71. The highest BCUT2D eigenvalue weighted by Gasteiger charge is 2.14. The molecule has 0 radical (unpaired) electrons. The third-order valence-corrected chi connectivity index (χ3v) is 2.50. The summed E-state index contributed by atoms with van der Waals surface area (Å²) in [6.07, 6.45) is 1.80. The fourth-order valence-corrected chi connectivity index (χ4v) is 1.53. The smallest absolute Gasteiger partial charge is 0.319 e. The Labute approximate surface area is 111 Å². The summed E-state index contributed by atoms with van der Waals surface area (Å²) in [4.78, 5) is 28.7. The average molecular weight is 270 g/mol. The molecule has 0 aromatic carbocycles. The van der Waals surface area contributed by atoms with Gasteiger partial charge < -0.3 is 4.90 Å². The molecule has 3 amide bonds. The molecule has 0 atom stereocenters. The van der Waals surface area contributed by atoms with Crippen LogP contribution >= 0.6 is 11.6 Å². The predicted molar refractivity (Wildman–Crippen MR) is 69.2 cm³/mol. The minimum absolute atomic E-state index is 0.133. The van der Waals surface area contributed by atoms with E-state index in [0.29, 0.717) is 13.1 Å². The minimum Gasteiger partial charge on any atom is -0.319 e. The van der Waals surface area contributed by atoms with Crippen molar-refractivity contribution < 1.29 is 9.59 Å². The molecule has 0 fully saturated rings. The SMILES string of the molecule is CCN(Cc1ccccn1)C(=O)NC(=O)CCCl. The number of hydrogen-bond donors (Lipinski definition) is 1. The highest BCUT2D eigenvalue weighted by molar-refractivity contribution is 6.19. The normalized spacial score (nSPS) is 9.89. The molecule has 1 N–H and O–H groups in total. The largest absolute Gasteiger partial charge is 0.324 e. The maximum atomic E-state index is 11.8. The van der Waals surface area contributed by atoms with Crippen molar-refractivity contribution in [3.05, 3.63) is 30.1 Å². The van der Waals surface area contributed by atoms with E-state index in [4.69, 9.17) is 11.6 Å². The van der Waals surface area contributed by atoms with Gasteiger partial charge in [0.25, 0.3) is 0 Å². The maximum Gasteiger partial charge on any atom is 0.324 e. The Morgan fingerprint density at radius 3 is 2.78 bits per heavy atom. The number of carbonyl (C=O) groups excluding carboxylic acids is 2. The molecule has 0 bridgehead atoms. The first-order valence-electron chi connectivity index (χ1n) is 5.72. The van der Waals surface area contributed by atoms with Crippen molar-refractivity contribution in [3.8, 4) is 0 Å². The van der Waals surface area contributed by atoms with Gasteiger partial charge in [-0.25, -0.2) is 4.79 Å². The number of carbonyl (C=O) groups is 2. The van der Waals surface area contributed by atoms with Crippen molar-refractivity contribution in [3.63, 3.8) is 0 Å². The van der Waals surface area contributed by atoms with Crippen LogP contribution in [0.4, 0.5) is 4.79 Å². The van der Waals surface area contributed by atoms with Gasteiger partial charge >= 0.3 is 6.03 Å². The minimum atomic E-state index is -0.418. The van der Waals surface area contributed by atoms with E-state index >= 15 is 0 Å². The summed E-state index contributed by atoms with van der Waals surface area (Å²) < 4.78 is 0. The number of halogens is 1. The van der Waals surface area contributed by atoms with Crippen LogP contribution in [0.1, 0.15) is 19.0 Å². The topological polar surface area (TPSA) is 62.3 Å². The summed E-state index contributed by atoms with van der Waals surface area (Å²) in [6, 6.07) is 5.07. The third-order valence-electron chi connectivity index (χ3n) is 2.32. The number of nitrogens with one attached hydrogen (secondary N) is 1. The molecule has 0 saturated carbocycles. The van der Waals surface area contributed by atoms with Crippen LogP contribution in [0, 0.1) is 0 Å². The van der Waals surface area contributed by atoms with Crippen molar-refractivity contribution >= 4 is 23.5 Å². The molecule has 1 heterocycles. The number of rotatable bonds is 5. The molecule has 0 unspecified atom stereocenters. The fraction of sp³-hybridized carbons (Fsp3) is 0.417. The lowest BCUT2D eigenvalue weighted by Crippen LogP contribution is -2.42. The molecule has 0 saturated heterocycles. The van der Waals surface area contributed by atoms with Crippen LogP contribution in [0.5, 0.6) is 0 Å². The number of hydrogen-bond acceptors (Lipinski definition) is 3. The molecule has 1 aromatic heterocycles. The van der Waals surface area contributed by atoms with Crippen molar-refractivity contribution in [2.45, 2.75) is 19.9 Å². The van der Waals surface area contributed by atoms with Crippen molar-refractivity contribution in [2.75, 3.05) is 12.4 Å². The number of alkyl halides is 1. The van der Waals surface area contributed by atoms with E-state index in [9.17, 15) is 9.59 Å². The second-order valence-electron chi connectivity index (χ2n) is 3.63. The monoisotopic (exact) mass is 269 g/mol. The van der Waals surface area contributed by atoms with Gasteiger partial charge in [0.2, 0.25) is 5.91 Å². The molecule has 0 aliphatic rings. The first kappa shape index (κ1) is 14.4. The van der Waals surface area contributed by atoms with E-state index in [2.05, 4.69) is 10.3 Å². The third kappa shape index (κ3) is 4.71. The Morgan fingerprint density at radius 2 is 2.22 bits per heavy atom. The molecule has 0 spiro atoms. The highest BCUT2D eigenvalue weighted by Crippen LogP contribution is 2.01. The fourth-order valence-electron chi connectivity index (χ4n) is 1.36. The number of aromatic nitrogens is 1. The Bertz CT molecular complexity index is 398. The van der Waals surface area contributed by atoms with Crippen molar-refractivity contribution in [1.29, 1.82) is 0 Å². The summed E-state index contributed by atoms with van der Waals surface area (Å²) in [5, 5.41) is 2.29. The zero-order valence-electron chi connectivity index (χ0n) is 10.2. The summed E-state index contributed by atoms with van der Waals surface area (Å²) in [5.41, 5.74) is 0.777. The molecule has 0 aliphatic carbocycles. The maximum absolute atomic E-state index is 11.8. The van der Waals surface area contributed by atoms with Gasteiger partial charge in [-0.05, 0) is 19.1 Å². The lowest BCUT2D eigenvalue weighted by atomic mass is 10.3. The van der Waals surface area contributed by atoms with Gasteiger partial charge in [0.15, 0.2) is 0 Å². The molecule has 18 heavy (non-hydrogen) atoms. The lowest BCUT2D eigenvalue weighted by Gasteiger charge is -2.20. The standard InChI is InChI=1S/C12H16ClN3O2/c1-2-16(9-10-5-3-4-8-14-10)12(18)15-11(17)6-7-13/h3-5,8H,2,6-7,9H2,1H3,(H,15,17,18). The van der Waals surface area contributed by atoms with Gasteiger partial charge in [-0.3, -0.25) is 15.1 Å².